The third-order valence-corrected chi connectivity index (χ3v) is 2.56. The van der Waals surface area contributed by atoms with Gasteiger partial charge in [-0.3, -0.25) is 15.0 Å². The number of fused-ring (bicyclic) bond motifs is 1. The third kappa shape index (κ3) is 1.72. The molecule has 4 N–H and O–H groups in total. The molecule has 0 heterocycles. The van der Waals surface area contributed by atoms with Crippen molar-refractivity contribution in [2.45, 2.75) is 0 Å². The van der Waals surface area contributed by atoms with Crippen LogP contribution in [0.1, 0.15) is 20.7 Å². The number of benzene rings is 2. The van der Waals surface area contributed by atoms with Crippen LogP contribution >= 0.6 is 0 Å². The second kappa shape index (κ2) is 4.23. The van der Waals surface area contributed by atoms with Gasteiger partial charge in [-0.1, -0.05) is 24.3 Å². The summed E-state index contributed by atoms with van der Waals surface area (Å²) in [7, 11) is 0. The summed E-state index contributed by atoms with van der Waals surface area (Å²) >= 11 is 0. The molecular formula is C12H10N2O3. The maximum Gasteiger partial charge on any atom is 0.265 e. The molecule has 0 fully saturated rings. The fraction of sp³-hybridized carbons (Fsp3) is 0. The molecule has 0 aliphatic rings. The normalized spacial score (nSPS) is 10.2. The number of carbonyl (C=O) groups excluding carboxylic acids is 2. The molecule has 0 spiro atoms. The van der Waals surface area contributed by atoms with Gasteiger partial charge in [-0.15, -0.1) is 0 Å². The molecular weight excluding hydrogens is 220 g/mol. The van der Waals surface area contributed by atoms with Gasteiger partial charge in [-0.05, 0) is 16.8 Å². The van der Waals surface area contributed by atoms with Crippen molar-refractivity contribution >= 4 is 23.0 Å². The molecule has 0 radical (unpaired) electrons. The average Bonchev–Trinajstić information content (AvgIpc) is 2.37. The predicted molar refractivity (Wildman–Crippen MR) is 62.7 cm³/mol. The van der Waals surface area contributed by atoms with E-state index >= 15 is 0 Å². The summed E-state index contributed by atoms with van der Waals surface area (Å²) in [5.41, 5.74) is 2.39. The maximum absolute atomic E-state index is 11.5. The largest absolute Gasteiger partial charge is 0.507 e. The van der Waals surface area contributed by atoms with Crippen LogP contribution in [-0.2, 0) is 0 Å². The van der Waals surface area contributed by atoms with Crippen molar-refractivity contribution in [2.75, 3.05) is 0 Å². The van der Waals surface area contributed by atoms with E-state index < -0.39 is 5.91 Å². The Morgan fingerprint density at radius 3 is 2.53 bits per heavy atom. The van der Waals surface area contributed by atoms with Crippen molar-refractivity contribution in [3.63, 3.8) is 0 Å². The van der Waals surface area contributed by atoms with E-state index in [9.17, 15) is 14.7 Å². The van der Waals surface area contributed by atoms with Gasteiger partial charge < -0.3 is 5.11 Å². The number of aldehydes is 1. The second-order valence-corrected chi connectivity index (χ2v) is 3.49. The summed E-state index contributed by atoms with van der Waals surface area (Å²) in [5, 5.41) is 10.8. The lowest BCUT2D eigenvalue weighted by atomic mass is 9.99. The van der Waals surface area contributed by atoms with E-state index in [2.05, 4.69) is 0 Å². The number of phenolic OH excluding ortho intramolecular Hbond substituents is 1. The summed E-state index contributed by atoms with van der Waals surface area (Å²) in [6.45, 7) is 0. The minimum absolute atomic E-state index is 0.161. The number of carbonyl (C=O) groups is 2. The first-order chi connectivity index (χ1) is 8.19. The van der Waals surface area contributed by atoms with Crippen LogP contribution in [0.15, 0.2) is 30.3 Å². The van der Waals surface area contributed by atoms with Crippen molar-refractivity contribution in [1.29, 1.82) is 0 Å². The monoisotopic (exact) mass is 230 g/mol. The van der Waals surface area contributed by atoms with Crippen molar-refractivity contribution in [3.05, 3.63) is 41.5 Å². The van der Waals surface area contributed by atoms with Gasteiger partial charge in [0, 0.05) is 0 Å². The quantitative estimate of drug-likeness (QED) is 0.310. The van der Waals surface area contributed by atoms with E-state index in [4.69, 9.17) is 5.84 Å². The molecule has 0 aliphatic carbocycles. The molecule has 0 bridgehead atoms. The molecule has 0 saturated heterocycles. The molecule has 86 valence electrons. The van der Waals surface area contributed by atoms with Gasteiger partial charge in [0.15, 0.2) is 6.29 Å². The van der Waals surface area contributed by atoms with E-state index in [-0.39, 0.29) is 16.9 Å². The zero-order valence-corrected chi connectivity index (χ0v) is 8.81. The number of hydrazine groups is 1. The summed E-state index contributed by atoms with van der Waals surface area (Å²) in [6.07, 6.45) is 0.557. The number of amides is 1. The molecule has 2 rings (SSSR count). The van der Waals surface area contributed by atoms with Crippen LogP contribution in [0, 0.1) is 0 Å². The van der Waals surface area contributed by atoms with E-state index in [1.165, 1.54) is 6.07 Å². The van der Waals surface area contributed by atoms with Crippen LogP contribution < -0.4 is 11.3 Å². The topological polar surface area (TPSA) is 92.4 Å². The first-order valence-corrected chi connectivity index (χ1v) is 4.90. The Hall–Kier alpha value is -2.40. The minimum Gasteiger partial charge on any atom is -0.507 e. The fourth-order valence-electron chi connectivity index (χ4n) is 1.77. The van der Waals surface area contributed by atoms with Crippen LogP contribution in [0.5, 0.6) is 5.75 Å². The van der Waals surface area contributed by atoms with Gasteiger partial charge in [0.1, 0.15) is 5.75 Å². The van der Waals surface area contributed by atoms with E-state index in [1.807, 2.05) is 5.43 Å². The standard InChI is InChI=1S/C12H10N2O3/c13-14-12(17)9-5-11(16)10(6-15)8-4-2-1-3-7(8)9/h1-6,16H,13H2,(H,14,17). The highest BCUT2D eigenvalue weighted by molar-refractivity contribution is 6.12. The highest BCUT2D eigenvalue weighted by Crippen LogP contribution is 2.29. The summed E-state index contributed by atoms with van der Waals surface area (Å²) in [4.78, 5) is 22.5. The van der Waals surface area contributed by atoms with Crippen LogP contribution in [0.4, 0.5) is 0 Å². The lowest BCUT2D eigenvalue weighted by Gasteiger charge is -2.08. The number of aromatic hydroxyl groups is 1. The Kier molecular flexibility index (Phi) is 2.76. The van der Waals surface area contributed by atoms with Gasteiger partial charge in [-0.25, -0.2) is 5.84 Å². The molecule has 0 aromatic heterocycles. The SMILES string of the molecule is NNC(=O)c1cc(O)c(C=O)c2ccccc12. The number of nitrogens with two attached hydrogens (primary N) is 1. The Morgan fingerprint density at radius 1 is 1.29 bits per heavy atom. The Balaban J connectivity index is 2.88. The van der Waals surface area contributed by atoms with Crippen molar-refractivity contribution < 1.29 is 14.7 Å². The minimum atomic E-state index is -0.519. The van der Waals surface area contributed by atoms with Crippen LogP contribution in [0.25, 0.3) is 10.8 Å². The highest BCUT2D eigenvalue weighted by Gasteiger charge is 2.14. The lowest BCUT2D eigenvalue weighted by molar-refractivity contribution is 0.0954. The average molecular weight is 230 g/mol. The third-order valence-electron chi connectivity index (χ3n) is 2.56. The number of hydrogen-bond donors (Lipinski definition) is 3. The fourth-order valence-corrected chi connectivity index (χ4v) is 1.77. The first kappa shape index (κ1) is 11.1. The maximum atomic E-state index is 11.5. The number of rotatable bonds is 2. The van der Waals surface area contributed by atoms with E-state index in [0.29, 0.717) is 17.1 Å². The number of phenols is 1. The molecule has 17 heavy (non-hydrogen) atoms. The molecule has 2 aromatic rings. The highest BCUT2D eigenvalue weighted by atomic mass is 16.3. The smallest absolute Gasteiger partial charge is 0.265 e. The van der Waals surface area contributed by atoms with Gasteiger partial charge in [0.25, 0.3) is 5.91 Å². The second-order valence-electron chi connectivity index (χ2n) is 3.49. The Bertz CT molecular complexity index is 608. The van der Waals surface area contributed by atoms with Crippen LogP contribution in [0.2, 0.25) is 0 Å². The van der Waals surface area contributed by atoms with Crippen molar-refractivity contribution in [1.82, 2.24) is 5.43 Å². The van der Waals surface area contributed by atoms with Crippen LogP contribution in [0.3, 0.4) is 0 Å². The van der Waals surface area contributed by atoms with Gasteiger partial charge in [-0.2, -0.15) is 0 Å². The molecule has 5 nitrogen and oxygen atoms in total. The number of nitrogens with one attached hydrogen (secondary N) is 1. The van der Waals surface area contributed by atoms with E-state index in [0.717, 1.165) is 0 Å². The Labute approximate surface area is 96.8 Å². The van der Waals surface area contributed by atoms with Crippen molar-refractivity contribution in [2.24, 2.45) is 5.84 Å². The van der Waals surface area contributed by atoms with Crippen molar-refractivity contribution in [3.8, 4) is 5.75 Å². The van der Waals surface area contributed by atoms with Gasteiger partial charge in [0.2, 0.25) is 0 Å². The summed E-state index contributed by atoms with van der Waals surface area (Å²) < 4.78 is 0. The number of nitrogen functional groups attached to an aromatic ring is 1. The molecule has 0 saturated carbocycles. The zero-order chi connectivity index (χ0) is 12.4. The van der Waals surface area contributed by atoms with Gasteiger partial charge in [0.05, 0.1) is 11.1 Å². The molecule has 0 unspecified atom stereocenters. The molecule has 0 atom stereocenters. The Morgan fingerprint density at radius 2 is 1.94 bits per heavy atom. The molecule has 5 heteroatoms. The molecule has 2 aromatic carbocycles. The molecule has 0 aliphatic heterocycles. The predicted octanol–water partition coefficient (Wildman–Crippen LogP) is 0.961. The molecule has 1 amide bonds. The summed E-state index contributed by atoms with van der Waals surface area (Å²) in [5.74, 6) is 4.31. The van der Waals surface area contributed by atoms with E-state index in [1.54, 1.807) is 24.3 Å². The summed E-state index contributed by atoms with van der Waals surface area (Å²) in [6, 6.07) is 8.03. The lowest BCUT2D eigenvalue weighted by Crippen LogP contribution is -2.30. The van der Waals surface area contributed by atoms with Gasteiger partial charge >= 0.3 is 0 Å². The first-order valence-electron chi connectivity index (χ1n) is 4.90. The van der Waals surface area contributed by atoms with Crippen LogP contribution in [-0.4, -0.2) is 17.3 Å². The number of hydrogen-bond acceptors (Lipinski definition) is 4. The zero-order valence-electron chi connectivity index (χ0n) is 8.81.